The van der Waals surface area contributed by atoms with Gasteiger partial charge in [-0.1, -0.05) is 36.8 Å². The first-order valence-electron chi connectivity index (χ1n) is 4.17. The fraction of sp³-hybridized carbons (Fsp3) is 0.600. The van der Waals surface area contributed by atoms with Crippen molar-refractivity contribution < 1.29 is 0 Å². The van der Waals surface area contributed by atoms with Gasteiger partial charge in [-0.15, -0.1) is 11.6 Å². The molecule has 1 rings (SSSR count). The molecule has 2 atom stereocenters. The Kier molecular flexibility index (Phi) is 3.25. The number of hydrogen-bond acceptors (Lipinski definition) is 0. The van der Waals surface area contributed by atoms with Gasteiger partial charge in [0.05, 0.1) is 0 Å². The van der Waals surface area contributed by atoms with Gasteiger partial charge in [-0.3, -0.25) is 0 Å². The molecule has 1 aliphatic rings. The molecule has 0 aliphatic heterocycles. The smallest absolute Gasteiger partial charge is 0.0430 e. The summed E-state index contributed by atoms with van der Waals surface area (Å²) in [5, 5.41) is 0.193. The number of allylic oxidation sites excluding steroid dienone is 2. The van der Waals surface area contributed by atoms with Crippen LogP contribution < -0.4 is 0 Å². The largest absolute Gasteiger partial charge is 0.122 e. The molecule has 0 aromatic heterocycles. The first kappa shape index (κ1) is 10.1. The summed E-state index contributed by atoms with van der Waals surface area (Å²) in [6.45, 7) is 6.12. The molecular formula is C10H14Cl2. The quantitative estimate of drug-likeness (QED) is 0.446. The van der Waals surface area contributed by atoms with Crippen molar-refractivity contribution >= 4 is 23.2 Å². The van der Waals surface area contributed by atoms with Gasteiger partial charge in [0.25, 0.3) is 0 Å². The first-order chi connectivity index (χ1) is 5.58. The van der Waals surface area contributed by atoms with Gasteiger partial charge in [-0.05, 0) is 19.3 Å². The standard InChI is InChI=1S/C10H14Cl2/c1-8-3-4-9(12)10(2,7-8)5-6-11/h5-6,9H,1,3-4,7H2,2H3/b6-5+/t9-,10+/m1/s1. The van der Waals surface area contributed by atoms with Crippen LogP contribution in [-0.2, 0) is 0 Å². The van der Waals surface area contributed by atoms with E-state index in [1.165, 1.54) is 5.57 Å². The van der Waals surface area contributed by atoms with Crippen LogP contribution in [0, 0.1) is 5.41 Å². The molecule has 12 heavy (non-hydrogen) atoms. The second-order valence-corrected chi connectivity index (χ2v) is 4.51. The van der Waals surface area contributed by atoms with Gasteiger partial charge < -0.3 is 0 Å². The Hall–Kier alpha value is 0.0600. The molecule has 0 spiro atoms. The Labute approximate surface area is 84.2 Å². The minimum absolute atomic E-state index is 0.0125. The molecule has 0 unspecified atom stereocenters. The van der Waals surface area contributed by atoms with Gasteiger partial charge in [0.2, 0.25) is 0 Å². The summed E-state index contributed by atoms with van der Waals surface area (Å²) in [6.07, 6.45) is 5.01. The van der Waals surface area contributed by atoms with Crippen LogP contribution in [0.15, 0.2) is 23.8 Å². The van der Waals surface area contributed by atoms with E-state index in [4.69, 9.17) is 23.2 Å². The lowest BCUT2D eigenvalue weighted by molar-refractivity contribution is 0.346. The van der Waals surface area contributed by atoms with Gasteiger partial charge in [0.15, 0.2) is 0 Å². The van der Waals surface area contributed by atoms with E-state index >= 15 is 0 Å². The summed E-state index contributed by atoms with van der Waals surface area (Å²) in [7, 11) is 0. The van der Waals surface area contributed by atoms with Crippen molar-refractivity contribution in [2.45, 2.75) is 31.6 Å². The Morgan fingerprint density at radius 1 is 1.67 bits per heavy atom. The highest BCUT2D eigenvalue weighted by atomic mass is 35.5. The third-order valence-corrected chi connectivity index (χ3v) is 3.38. The predicted octanol–water partition coefficient (Wildman–Crippen LogP) is 4.09. The molecule has 0 nitrogen and oxygen atoms in total. The highest BCUT2D eigenvalue weighted by molar-refractivity contribution is 6.25. The molecule has 2 heteroatoms. The third kappa shape index (κ3) is 2.05. The van der Waals surface area contributed by atoms with Crippen molar-refractivity contribution in [2.24, 2.45) is 5.41 Å². The van der Waals surface area contributed by atoms with E-state index in [0.717, 1.165) is 19.3 Å². The number of rotatable bonds is 1. The maximum Gasteiger partial charge on any atom is 0.0430 e. The summed E-state index contributed by atoms with van der Waals surface area (Å²) in [6, 6.07) is 0. The average Bonchev–Trinajstić information content (AvgIpc) is 1.98. The molecule has 0 saturated heterocycles. The van der Waals surface area contributed by atoms with Crippen LogP contribution in [0.25, 0.3) is 0 Å². The summed E-state index contributed by atoms with van der Waals surface area (Å²) in [4.78, 5) is 0. The first-order valence-corrected chi connectivity index (χ1v) is 5.04. The average molecular weight is 205 g/mol. The Morgan fingerprint density at radius 2 is 2.33 bits per heavy atom. The van der Waals surface area contributed by atoms with Crippen LogP contribution in [0.1, 0.15) is 26.2 Å². The topological polar surface area (TPSA) is 0 Å². The molecule has 0 heterocycles. The van der Waals surface area contributed by atoms with E-state index in [2.05, 4.69) is 13.5 Å². The van der Waals surface area contributed by atoms with E-state index in [0.29, 0.717) is 0 Å². The van der Waals surface area contributed by atoms with Crippen LogP contribution in [0.5, 0.6) is 0 Å². The molecule has 0 aromatic rings. The molecule has 1 aliphatic carbocycles. The maximum absolute atomic E-state index is 6.22. The van der Waals surface area contributed by atoms with Crippen molar-refractivity contribution in [3.8, 4) is 0 Å². The zero-order valence-electron chi connectivity index (χ0n) is 7.32. The normalized spacial score (nSPS) is 37.6. The summed E-state index contributed by atoms with van der Waals surface area (Å²) < 4.78 is 0. The van der Waals surface area contributed by atoms with E-state index < -0.39 is 0 Å². The van der Waals surface area contributed by atoms with E-state index in [-0.39, 0.29) is 10.8 Å². The van der Waals surface area contributed by atoms with Crippen LogP contribution in [-0.4, -0.2) is 5.38 Å². The Bertz CT molecular complexity index is 208. The summed E-state index contributed by atoms with van der Waals surface area (Å²) in [5.41, 5.74) is 2.86. The van der Waals surface area contributed by atoms with E-state index in [9.17, 15) is 0 Å². The van der Waals surface area contributed by atoms with Crippen LogP contribution >= 0.6 is 23.2 Å². The number of hydrogen-bond donors (Lipinski definition) is 0. The van der Waals surface area contributed by atoms with Gasteiger partial charge in [-0.25, -0.2) is 0 Å². The zero-order chi connectivity index (χ0) is 9.19. The summed E-state index contributed by atoms with van der Waals surface area (Å²) in [5.74, 6) is 0. The van der Waals surface area contributed by atoms with Gasteiger partial charge in [0, 0.05) is 16.3 Å². The molecule has 0 bridgehead atoms. The van der Waals surface area contributed by atoms with Crippen molar-refractivity contribution in [2.75, 3.05) is 0 Å². The molecule has 0 radical (unpaired) electrons. The SMILES string of the molecule is C=C1CC[C@@H](Cl)[C@@](C)(/C=C/Cl)C1. The van der Waals surface area contributed by atoms with Crippen LogP contribution in [0.3, 0.4) is 0 Å². The molecule has 0 N–H and O–H groups in total. The number of halogens is 2. The van der Waals surface area contributed by atoms with Crippen molar-refractivity contribution in [3.05, 3.63) is 23.8 Å². The third-order valence-electron chi connectivity index (χ3n) is 2.54. The lowest BCUT2D eigenvalue weighted by Crippen LogP contribution is -2.30. The molecule has 68 valence electrons. The minimum atomic E-state index is 0.0125. The van der Waals surface area contributed by atoms with Crippen molar-refractivity contribution in [1.82, 2.24) is 0 Å². The predicted molar refractivity (Wildman–Crippen MR) is 55.7 cm³/mol. The van der Waals surface area contributed by atoms with Crippen LogP contribution in [0.2, 0.25) is 0 Å². The molecule has 0 aromatic carbocycles. The van der Waals surface area contributed by atoms with Gasteiger partial charge in [-0.2, -0.15) is 0 Å². The molecule has 1 fully saturated rings. The fourth-order valence-corrected chi connectivity index (χ4v) is 2.25. The lowest BCUT2D eigenvalue weighted by atomic mass is 9.73. The van der Waals surface area contributed by atoms with Crippen molar-refractivity contribution in [3.63, 3.8) is 0 Å². The Balaban J connectivity index is 2.77. The van der Waals surface area contributed by atoms with E-state index in [1.807, 2.05) is 6.08 Å². The second kappa shape index (κ2) is 3.85. The number of alkyl halides is 1. The molecular weight excluding hydrogens is 191 g/mol. The molecule has 0 amide bonds. The maximum atomic E-state index is 6.22. The van der Waals surface area contributed by atoms with Crippen LogP contribution in [0.4, 0.5) is 0 Å². The summed E-state index contributed by atoms with van der Waals surface area (Å²) >= 11 is 11.8. The Morgan fingerprint density at radius 3 is 2.92 bits per heavy atom. The second-order valence-electron chi connectivity index (χ2n) is 3.73. The monoisotopic (exact) mass is 204 g/mol. The molecule has 1 saturated carbocycles. The van der Waals surface area contributed by atoms with Crippen molar-refractivity contribution in [1.29, 1.82) is 0 Å². The van der Waals surface area contributed by atoms with Gasteiger partial charge >= 0.3 is 0 Å². The zero-order valence-corrected chi connectivity index (χ0v) is 8.83. The fourth-order valence-electron chi connectivity index (χ4n) is 1.71. The highest BCUT2D eigenvalue weighted by Gasteiger charge is 2.34. The van der Waals surface area contributed by atoms with Gasteiger partial charge in [0.1, 0.15) is 0 Å². The lowest BCUT2D eigenvalue weighted by Gasteiger charge is -2.36. The van der Waals surface area contributed by atoms with E-state index in [1.54, 1.807) is 5.54 Å². The highest BCUT2D eigenvalue weighted by Crippen LogP contribution is 2.42. The minimum Gasteiger partial charge on any atom is -0.122 e.